The molecule has 1 unspecified atom stereocenters. The number of benzene rings is 5. The maximum absolute atomic E-state index is 5.95. The molecule has 0 N–H and O–H groups in total. The quantitative estimate of drug-likeness (QED) is 0.105. The molecule has 1 aliphatic heterocycles. The number of hydrogen-bond acceptors (Lipinski definition) is 6. The number of ether oxygens (including phenoxy) is 4. The van der Waals surface area contributed by atoms with E-state index in [1.54, 1.807) is 0 Å². The molecule has 0 spiro atoms. The monoisotopic (exact) mass is 612 g/mol. The first-order valence-corrected chi connectivity index (χ1v) is 15.9. The predicted molar refractivity (Wildman–Crippen MR) is 184 cm³/mol. The highest BCUT2D eigenvalue weighted by molar-refractivity contribution is 6.03. The molecule has 6 heteroatoms. The van der Waals surface area contributed by atoms with Gasteiger partial charge in [-0.25, -0.2) is 0 Å². The Balaban J connectivity index is 0.957. The lowest BCUT2D eigenvalue weighted by molar-refractivity contribution is 0.00597. The minimum Gasteiger partial charge on any atom is -0.491 e. The SMILES string of the molecule is c1ccc(COCCOCCOCCOc2ccc(C3CC(c4ccc(-c5ccccc5)cc4)=NN3c3ccccc3)cc2)cc1. The van der Waals surface area contributed by atoms with E-state index in [0.29, 0.717) is 46.2 Å². The molecule has 6 rings (SSSR count). The van der Waals surface area contributed by atoms with E-state index in [9.17, 15) is 0 Å². The molecule has 0 saturated heterocycles. The first-order valence-electron chi connectivity index (χ1n) is 15.9. The molecule has 0 saturated carbocycles. The van der Waals surface area contributed by atoms with Crippen molar-refractivity contribution >= 4 is 11.4 Å². The van der Waals surface area contributed by atoms with Crippen LogP contribution in [0.5, 0.6) is 5.75 Å². The lowest BCUT2D eigenvalue weighted by Crippen LogP contribution is -2.18. The topological polar surface area (TPSA) is 52.5 Å². The normalized spacial score (nSPS) is 14.3. The van der Waals surface area contributed by atoms with Crippen molar-refractivity contribution in [3.8, 4) is 16.9 Å². The van der Waals surface area contributed by atoms with E-state index in [2.05, 4.69) is 102 Å². The highest BCUT2D eigenvalue weighted by atomic mass is 16.6. The minimum absolute atomic E-state index is 0.0901. The number of hydrogen-bond donors (Lipinski definition) is 0. The zero-order valence-electron chi connectivity index (χ0n) is 26.0. The lowest BCUT2D eigenvalue weighted by Gasteiger charge is -2.24. The van der Waals surface area contributed by atoms with Crippen molar-refractivity contribution in [2.75, 3.05) is 44.7 Å². The Morgan fingerprint density at radius 1 is 0.522 bits per heavy atom. The Kier molecular flexibility index (Phi) is 11.2. The highest BCUT2D eigenvalue weighted by Crippen LogP contribution is 2.37. The fourth-order valence-corrected chi connectivity index (χ4v) is 5.46. The second kappa shape index (κ2) is 16.5. The van der Waals surface area contributed by atoms with Gasteiger partial charge in [-0.2, -0.15) is 5.10 Å². The summed E-state index contributed by atoms with van der Waals surface area (Å²) < 4.78 is 22.8. The summed E-state index contributed by atoms with van der Waals surface area (Å²) in [7, 11) is 0. The molecular formula is C40H40N2O4. The summed E-state index contributed by atoms with van der Waals surface area (Å²) in [6.07, 6.45) is 0.814. The third kappa shape index (κ3) is 8.70. The summed E-state index contributed by atoms with van der Waals surface area (Å²) in [5, 5.41) is 7.26. The third-order valence-corrected chi connectivity index (χ3v) is 7.87. The number of nitrogens with zero attached hydrogens (tertiary/aromatic N) is 2. The second-order valence-electron chi connectivity index (χ2n) is 11.1. The van der Waals surface area contributed by atoms with Crippen LogP contribution in [0.25, 0.3) is 11.1 Å². The van der Waals surface area contributed by atoms with Gasteiger partial charge in [-0.3, -0.25) is 5.01 Å². The Bertz CT molecular complexity index is 1630. The van der Waals surface area contributed by atoms with E-state index in [1.165, 1.54) is 16.7 Å². The molecule has 5 aromatic carbocycles. The van der Waals surface area contributed by atoms with Crippen LogP contribution in [0.15, 0.2) is 145 Å². The summed E-state index contributed by atoms with van der Waals surface area (Å²) in [4.78, 5) is 0. The Morgan fingerprint density at radius 3 is 1.74 bits per heavy atom. The van der Waals surface area contributed by atoms with Gasteiger partial charge < -0.3 is 18.9 Å². The fraction of sp³-hybridized carbons (Fsp3) is 0.225. The van der Waals surface area contributed by atoms with E-state index in [1.807, 2.05) is 42.5 Å². The number of rotatable bonds is 16. The standard InChI is InChI=1S/C40H40N2O4/c1-4-10-32(11-5-1)31-45-27-26-43-24-25-44-28-29-46-38-22-20-36(21-23-38)40-30-39(41-42(40)37-14-8-3-9-15-37)35-18-16-34(17-19-35)33-12-6-2-7-13-33/h1-23,40H,24-31H2. The van der Waals surface area contributed by atoms with Crippen LogP contribution in [0.1, 0.15) is 29.2 Å². The van der Waals surface area contributed by atoms with Crippen molar-refractivity contribution in [3.63, 3.8) is 0 Å². The van der Waals surface area contributed by atoms with Crippen molar-refractivity contribution in [1.82, 2.24) is 0 Å². The first-order chi connectivity index (χ1) is 22.8. The lowest BCUT2D eigenvalue weighted by atomic mass is 9.96. The molecule has 0 fully saturated rings. The van der Waals surface area contributed by atoms with E-state index in [4.69, 9.17) is 24.0 Å². The summed E-state index contributed by atoms with van der Waals surface area (Å²) in [6.45, 7) is 3.75. The highest BCUT2D eigenvalue weighted by Gasteiger charge is 2.30. The first kappa shape index (κ1) is 31.2. The molecule has 234 valence electrons. The molecule has 1 heterocycles. The van der Waals surface area contributed by atoms with E-state index in [0.717, 1.165) is 34.7 Å². The molecule has 6 nitrogen and oxygen atoms in total. The minimum atomic E-state index is 0.0901. The van der Waals surface area contributed by atoms with Crippen LogP contribution in [0.2, 0.25) is 0 Å². The van der Waals surface area contributed by atoms with Crippen molar-refractivity contribution in [3.05, 3.63) is 156 Å². The molecule has 46 heavy (non-hydrogen) atoms. The Morgan fingerprint density at radius 2 is 1.07 bits per heavy atom. The summed E-state index contributed by atoms with van der Waals surface area (Å²) in [5.74, 6) is 0.820. The zero-order valence-corrected chi connectivity index (χ0v) is 26.0. The fourth-order valence-electron chi connectivity index (χ4n) is 5.46. The van der Waals surface area contributed by atoms with E-state index < -0.39 is 0 Å². The molecule has 0 amide bonds. The van der Waals surface area contributed by atoms with Crippen molar-refractivity contribution < 1.29 is 18.9 Å². The van der Waals surface area contributed by atoms with E-state index >= 15 is 0 Å². The molecule has 0 aliphatic carbocycles. The van der Waals surface area contributed by atoms with Gasteiger partial charge >= 0.3 is 0 Å². The van der Waals surface area contributed by atoms with Crippen LogP contribution in [0.3, 0.4) is 0 Å². The summed E-state index contributed by atoms with van der Waals surface area (Å²) >= 11 is 0. The van der Waals surface area contributed by atoms with Crippen LogP contribution in [-0.4, -0.2) is 45.4 Å². The summed E-state index contributed by atoms with van der Waals surface area (Å²) in [6, 6.07) is 48.1. The zero-order chi connectivity index (χ0) is 31.2. The van der Waals surface area contributed by atoms with Gasteiger partial charge in [-0.05, 0) is 52.1 Å². The molecule has 5 aromatic rings. The van der Waals surface area contributed by atoms with Gasteiger partial charge in [0.05, 0.1) is 57.1 Å². The van der Waals surface area contributed by atoms with Crippen LogP contribution in [0, 0.1) is 0 Å². The largest absolute Gasteiger partial charge is 0.491 e. The smallest absolute Gasteiger partial charge is 0.119 e. The molecule has 0 aromatic heterocycles. The molecular weight excluding hydrogens is 572 g/mol. The van der Waals surface area contributed by atoms with Crippen molar-refractivity contribution in [1.29, 1.82) is 0 Å². The predicted octanol–water partition coefficient (Wildman–Crippen LogP) is 8.34. The van der Waals surface area contributed by atoms with Crippen molar-refractivity contribution in [2.45, 2.75) is 19.1 Å². The molecule has 1 aliphatic rings. The third-order valence-electron chi connectivity index (χ3n) is 7.87. The average Bonchev–Trinajstić information content (AvgIpc) is 3.58. The van der Waals surface area contributed by atoms with Crippen LogP contribution in [-0.2, 0) is 20.8 Å². The van der Waals surface area contributed by atoms with Crippen LogP contribution < -0.4 is 9.75 Å². The maximum atomic E-state index is 5.95. The number of hydrazone groups is 1. The van der Waals surface area contributed by atoms with Crippen molar-refractivity contribution in [2.24, 2.45) is 5.10 Å². The second-order valence-corrected chi connectivity index (χ2v) is 11.1. The number of para-hydroxylation sites is 1. The van der Waals surface area contributed by atoms with Gasteiger partial charge in [0.2, 0.25) is 0 Å². The average molecular weight is 613 g/mol. The molecule has 0 bridgehead atoms. The van der Waals surface area contributed by atoms with Gasteiger partial charge in [0.1, 0.15) is 12.4 Å². The van der Waals surface area contributed by atoms with Gasteiger partial charge in [0, 0.05) is 6.42 Å². The van der Waals surface area contributed by atoms with E-state index in [-0.39, 0.29) is 6.04 Å². The summed E-state index contributed by atoms with van der Waals surface area (Å²) in [5.41, 5.74) is 8.07. The Labute approximate surface area is 271 Å². The van der Waals surface area contributed by atoms with Gasteiger partial charge in [0.15, 0.2) is 0 Å². The van der Waals surface area contributed by atoms with Crippen LogP contribution in [0.4, 0.5) is 5.69 Å². The molecule has 1 atom stereocenters. The van der Waals surface area contributed by atoms with Gasteiger partial charge in [-0.15, -0.1) is 0 Å². The number of anilines is 1. The van der Waals surface area contributed by atoms with Gasteiger partial charge in [0.25, 0.3) is 0 Å². The maximum Gasteiger partial charge on any atom is 0.119 e. The van der Waals surface area contributed by atoms with Crippen LogP contribution >= 0.6 is 0 Å². The molecule has 0 radical (unpaired) electrons. The van der Waals surface area contributed by atoms with Gasteiger partial charge in [-0.1, -0.05) is 115 Å². The Hall–Kier alpha value is -4.75.